The third-order valence-electron chi connectivity index (χ3n) is 3.46. The molecule has 25 heavy (non-hydrogen) atoms. The van der Waals surface area contributed by atoms with Crippen LogP contribution in [0.4, 0.5) is 0 Å². The Balaban J connectivity index is 0. The third-order valence-corrected chi connectivity index (χ3v) is 3.46. The molecule has 0 atom stereocenters. The highest BCUT2D eigenvalue weighted by Crippen LogP contribution is 1.91. The molecule has 4 amide bonds. The van der Waals surface area contributed by atoms with Crippen molar-refractivity contribution in [1.29, 1.82) is 0 Å². The van der Waals surface area contributed by atoms with Gasteiger partial charge in [-0.2, -0.15) is 0 Å². The highest BCUT2D eigenvalue weighted by atomic mass is 16.3. The first-order valence-electron chi connectivity index (χ1n) is 8.37. The summed E-state index contributed by atoms with van der Waals surface area (Å²) in [5.41, 5.74) is 0. The van der Waals surface area contributed by atoms with Gasteiger partial charge in [0, 0.05) is 52.9 Å². The number of hydrogen-bond acceptors (Lipinski definition) is 5. The van der Waals surface area contributed by atoms with Crippen molar-refractivity contribution in [3.8, 4) is 0 Å². The smallest absolute Gasteiger partial charge is 0.209 e. The van der Waals surface area contributed by atoms with Crippen molar-refractivity contribution in [3.05, 3.63) is 0 Å². The topological polar surface area (TPSA) is 101 Å². The van der Waals surface area contributed by atoms with Crippen molar-refractivity contribution in [3.63, 3.8) is 0 Å². The molecule has 0 saturated carbocycles. The van der Waals surface area contributed by atoms with Crippen LogP contribution in [0, 0.1) is 0 Å². The molecule has 0 saturated heterocycles. The Kier molecular flexibility index (Phi) is 18.2. The van der Waals surface area contributed by atoms with Crippen LogP contribution in [0.15, 0.2) is 0 Å². The number of carbonyl (C=O) groups is 4. The summed E-state index contributed by atoms with van der Waals surface area (Å²) in [5.74, 6) is 0. The largest absolute Gasteiger partial charge is 0.395 e. The molecule has 146 valence electrons. The van der Waals surface area contributed by atoms with Crippen LogP contribution in [0.2, 0.25) is 0 Å². The number of rotatable bonds is 15. The second kappa shape index (κ2) is 18.2. The van der Waals surface area contributed by atoms with Crippen LogP contribution in [0.5, 0.6) is 0 Å². The molecular formula is C16H32N4O5. The first kappa shape index (κ1) is 25.1. The highest BCUT2D eigenvalue weighted by Gasteiger charge is 2.01. The van der Waals surface area contributed by atoms with Crippen molar-refractivity contribution >= 4 is 25.6 Å². The van der Waals surface area contributed by atoms with Crippen molar-refractivity contribution < 1.29 is 24.3 Å². The molecule has 0 unspecified atom stereocenters. The molecule has 0 aliphatic carbocycles. The molecular weight excluding hydrogens is 328 g/mol. The van der Waals surface area contributed by atoms with Crippen LogP contribution in [0.1, 0.15) is 20.3 Å². The van der Waals surface area contributed by atoms with Crippen LogP contribution >= 0.6 is 0 Å². The minimum atomic E-state index is -0.0520. The summed E-state index contributed by atoms with van der Waals surface area (Å²) in [6.07, 6.45) is 3.89. The summed E-state index contributed by atoms with van der Waals surface area (Å²) < 4.78 is 0. The Morgan fingerprint density at radius 2 is 1.16 bits per heavy atom. The summed E-state index contributed by atoms with van der Waals surface area (Å²) >= 11 is 0. The minimum absolute atomic E-state index is 0.0520. The molecule has 0 aromatic carbocycles. The Hall–Kier alpha value is -2.16. The van der Waals surface area contributed by atoms with E-state index in [1.54, 1.807) is 16.8 Å². The van der Waals surface area contributed by atoms with Gasteiger partial charge in [-0.25, -0.2) is 0 Å². The first-order valence-corrected chi connectivity index (χ1v) is 8.37. The molecule has 0 fully saturated rings. The average Bonchev–Trinajstić information content (AvgIpc) is 2.65. The number of hydrogen-bond donors (Lipinski definition) is 1. The first-order chi connectivity index (χ1) is 12.0. The highest BCUT2D eigenvalue weighted by molar-refractivity contribution is 5.48. The van der Waals surface area contributed by atoms with E-state index in [0.29, 0.717) is 32.5 Å². The SMILES string of the molecule is CCN(C=O)CCCN(C=O)CC.CN(C=O)CCN(C=O)CCO. The second-order valence-electron chi connectivity index (χ2n) is 5.27. The molecule has 0 aliphatic heterocycles. The van der Waals surface area contributed by atoms with E-state index in [2.05, 4.69) is 0 Å². The molecule has 0 bridgehead atoms. The van der Waals surface area contributed by atoms with Gasteiger partial charge in [0.25, 0.3) is 0 Å². The number of amides is 4. The zero-order valence-electron chi connectivity index (χ0n) is 15.5. The van der Waals surface area contributed by atoms with E-state index in [1.165, 1.54) is 9.80 Å². The lowest BCUT2D eigenvalue weighted by Gasteiger charge is -2.18. The third kappa shape index (κ3) is 15.1. The molecule has 9 heteroatoms. The predicted molar refractivity (Wildman–Crippen MR) is 94.7 cm³/mol. The summed E-state index contributed by atoms with van der Waals surface area (Å²) in [5, 5.41) is 8.51. The average molecular weight is 360 g/mol. The molecule has 0 radical (unpaired) electrons. The summed E-state index contributed by atoms with van der Waals surface area (Å²) in [6.45, 7) is 8.00. The van der Waals surface area contributed by atoms with Gasteiger partial charge in [0.1, 0.15) is 0 Å². The zero-order chi connectivity index (χ0) is 19.5. The van der Waals surface area contributed by atoms with Gasteiger partial charge in [0.05, 0.1) is 6.61 Å². The number of aliphatic hydroxyl groups is 1. The van der Waals surface area contributed by atoms with Crippen LogP contribution < -0.4 is 0 Å². The molecule has 0 heterocycles. The molecule has 0 rings (SSSR count). The predicted octanol–water partition coefficient (Wildman–Crippen LogP) is -1.14. The van der Waals surface area contributed by atoms with Gasteiger partial charge in [-0.05, 0) is 20.3 Å². The van der Waals surface area contributed by atoms with E-state index >= 15 is 0 Å². The maximum atomic E-state index is 10.4. The van der Waals surface area contributed by atoms with E-state index in [1.807, 2.05) is 13.8 Å². The van der Waals surface area contributed by atoms with Crippen molar-refractivity contribution in [2.75, 3.05) is 59.5 Å². The Bertz CT molecular complexity index is 341. The fraction of sp³-hybridized carbons (Fsp3) is 0.750. The van der Waals surface area contributed by atoms with Crippen LogP contribution in [-0.4, -0.2) is 110 Å². The second-order valence-corrected chi connectivity index (χ2v) is 5.27. The number of likely N-dealkylation sites (N-methyl/N-ethyl adjacent to an activating group) is 1. The monoisotopic (exact) mass is 360 g/mol. The van der Waals surface area contributed by atoms with Crippen molar-refractivity contribution in [2.24, 2.45) is 0 Å². The molecule has 0 aromatic heterocycles. The number of nitrogens with zero attached hydrogens (tertiary/aromatic N) is 4. The lowest BCUT2D eigenvalue weighted by molar-refractivity contribution is -0.121. The maximum absolute atomic E-state index is 10.4. The summed E-state index contributed by atoms with van der Waals surface area (Å²) in [6, 6.07) is 0. The van der Waals surface area contributed by atoms with Gasteiger partial charge in [-0.15, -0.1) is 0 Å². The van der Waals surface area contributed by atoms with Gasteiger partial charge in [-0.3, -0.25) is 19.2 Å². The molecule has 0 aliphatic rings. The van der Waals surface area contributed by atoms with Crippen molar-refractivity contribution in [1.82, 2.24) is 19.6 Å². The molecule has 9 nitrogen and oxygen atoms in total. The lowest BCUT2D eigenvalue weighted by Crippen LogP contribution is -2.33. The Morgan fingerprint density at radius 1 is 0.680 bits per heavy atom. The molecule has 0 spiro atoms. The number of carbonyl (C=O) groups excluding carboxylic acids is 4. The van der Waals surface area contributed by atoms with Crippen LogP contribution in [-0.2, 0) is 19.2 Å². The van der Waals surface area contributed by atoms with Gasteiger partial charge in [0.15, 0.2) is 0 Å². The van der Waals surface area contributed by atoms with Gasteiger partial charge < -0.3 is 24.7 Å². The summed E-state index contributed by atoms with van der Waals surface area (Å²) in [7, 11) is 1.63. The van der Waals surface area contributed by atoms with E-state index in [4.69, 9.17) is 5.11 Å². The normalized spacial score (nSPS) is 9.28. The van der Waals surface area contributed by atoms with Crippen molar-refractivity contribution in [2.45, 2.75) is 20.3 Å². The summed E-state index contributed by atoms with van der Waals surface area (Å²) in [4.78, 5) is 47.5. The quantitative estimate of drug-likeness (QED) is 0.372. The van der Waals surface area contributed by atoms with Crippen LogP contribution in [0.25, 0.3) is 0 Å². The van der Waals surface area contributed by atoms with E-state index in [0.717, 1.165) is 45.4 Å². The minimum Gasteiger partial charge on any atom is -0.395 e. The fourth-order valence-electron chi connectivity index (χ4n) is 1.73. The maximum Gasteiger partial charge on any atom is 0.209 e. The Morgan fingerprint density at radius 3 is 1.48 bits per heavy atom. The standard InChI is InChI=1S/C9H18N2O2.C7H14N2O3/c1-3-10(8-12)6-5-7-11(4-2)9-13;1-8(6-11)2-3-9(7-12)4-5-10/h8-9H,3-7H2,1-2H3;6-7,10H,2-5H2,1H3. The zero-order valence-corrected chi connectivity index (χ0v) is 15.5. The molecule has 0 aromatic rings. The number of aliphatic hydroxyl groups excluding tert-OH is 1. The van der Waals surface area contributed by atoms with Gasteiger partial charge in [0.2, 0.25) is 25.6 Å². The fourth-order valence-corrected chi connectivity index (χ4v) is 1.73. The van der Waals surface area contributed by atoms with Crippen LogP contribution in [0.3, 0.4) is 0 Å². The lowest BCUT2D eigenvalue weighted by atomic mass is 10.3. The van der Waals surface area contributed by atoms with E-state index in [9.17, 15) is 19.2 Å². The Labute approximate surface area is 150 Å². The van der Waals surface area contributed by atoms with E-state index in [-0.39, 0.29) is 6.61 Å². The molecule has 1 N–H and O–H groups in total. The van der Waals surface area contributed by atoms with E-state index < -0.39 is 0 Å². The van der Waals surface area contributed by atoms with Gasteiger partial charge in [-0.1, -0.05) is 0 Å². The van der Waals surface area contributed by atoms with Gasteiger partial charge >= 0.3 is 0 Å².